The highest BCUT2D eigenvalue weighted by molar-refractivity contribution is 7.61. The summed E-state index contributed by atoms with van der Waals surface area (Å²) in [5.41, 5.74) is 0. The first-order valence-electron chi connectivity index (χ1n) is 4.54. The predicted octanol–water partition coefficient (Wildman–Crippen LogP) is 3.15. The minimum atomic E-state index is -0.670. The fraction of sp³-hybridized carbons (Fsp3) is 0.900. The number of carboxylic acids is 1. The SMILES string of the molecule is CC(C)(C)P(CC(=O)O)C(C)(C)C. The number of aliphatic carboxylic acids is 1. The smallest absolute Gasteiger partial charge is 0.307 e. The zero-order chi connectivity index (χ0) is 10.9. The van der Waals surface area contributed by atoms with Crippen LogP contribution in [-0.2, 0) is 4.79 Å². The molecular weight excluding hydrogens is 183 g/mol. The van der Waals surface area contributed by atoms with Gasteiger partial charge in [-0.05, 0) is 10.3 Å². The Morgan fingerprint density at radius 2 is 1.38 bits per heavy atom. The van der Waals surface area contributed by atoms with E-state index in [1.54, 1.807) is 0 Å². The van der Waals surface area contributed by atoms with Crippen LogP contribution >= 0.6 is 7.92 Å². The average Bonchev–Trinajstić information content (AvgIpc) is 1.77. The molecule has 0 aliphatic carbocycles. The lowest BCUT2D eigenvalue weighted by atomic mass is 10.2. The summed E-state index contributed by atoms with van der Waals surface area (Å²) in [5.74, 6) is -0.670. The van der Waals surface area contributed by atoms with Crippen LogP contribution in [0.1, 0.15) is 41.5 Å². The molecule has 0 saturated heterocycles. The lowest BCUT2D eigenvalue weighted by Gasteiger charge is -2.40. The Morgan fingerprint density at radius 3 is 1.46 bits per heavy atom. The molecule has 78 valence electrons. The normalized spacial score (nSPS) is 13.5. The minimum Gasteiger partial charge on any atom is -0.481 e. The molecule has 0 radical (unpaired) electrons. The Labute approximate surface area is 82.5 Å². The summed E-state index contributed by atoms with van der Waals surface area (Å²) >= 11 is 0. The molecule has 0 atom stereocenters. The lowest BCUT2D eigenvalue weighted by Crippen LogP contribution is -2.28. The van der Waals surface area contributed by atoms with Gasteiger partial charge in [-0.2, -0.15) is 0 Å². The molecular formula is C10H21O2P. The third-order valence-electron chi connectivity index (χ3n) is 1.91. The first kappa shape index (κ1) is 12.9. The Morgan fingerprint density at radius 1 is 1.08 bits per heavy atom. The molecule has 2 nitrogen and oxygen atoms in total. The maximum absolute atomic E-state index is 10.7. The summed E-state index contributed by atoms with van der Waals surface area (Å²) in [5, 5.41) is 9.06. The van der Waals surface area contributed by atoms with Gasteiger partial charge in [-0.3, -0.25) is 4.79 Å². The van der Waals surface area contributed by atoms with Crippen LogP contribution in [0.2, 0.25) is 0 Å². The predicted molar refractivity (Wildman–Crippen MR) is 58.9 cm³/mol. The van der Waals surface area contributed by atoms with Crippen molar-refractivity contribution >= 4 is 13.9 Å². The van der Waals surface area contributed by atoms with Crippen LogP contribution in [0.3, 0.4) is 0 Å². The zero-order valence-electron chi connectivity index (χ0n) is 9.51. The molecule has 13 heavy (non-hydrogen) atoms. The van der Waals surface area contributed by atoms with Gasteiger partial charge >= 0.3 is 5.97 Å². The summed E-state index contributed by atoms with van der Waals surface area (Å²) < 4.78 is 0. The third-order valence-corrected chi connectivity index (χ3v) is 5.74. The number of carbonyl (C=O) groups is 1. The molecule has 0 saturated carbocycles. The van der Waals surface area contributed by atoms with Crippen LogP contribution < -0.4 is 0 Å². The Balaban J connectivity index is 4.68. The maximum atomic E-state index is 10.7. The highest BCUT2D eigenvalue weighted by Crippen LogP contribution is 2.58. The van der Waals surface area contributed by atoms with Gasteiger partial charge in [-0.15, -0.1) is 0 Å². The van der Waals surface area contributed by atoms with Crippen molar-refractivity contribution in [3.63, 3.8) is 0 Å². The van der Waals surface area contributed by atoms with Crippen LogP contribution in [0.5, 0.6) is 0 Å². The van der Waals surface area contributed by atoms with Crippen LogP contribution in [-0.4, -0.2) is 27.5 Å². The van der Waals surface area contributed by atoms with Gasteiger partial charge in [0.15, 0.2) is 0 Å². The molecule has 0 rings (SSSR count). The number of carboxylic acid groups (broad SMARTS) is 1. The molecule has 0 aromatic carbocycles. The second-order valence-electron chi connectivity index (χ2n) is 5.32. The van der Waals surface area contributed by atoms with Gasteiger partial charge in [0, 0.05) is 0 Å². The molecule has 0 aliphatic rings. The van der Waals surface area contributed by atoms with E-state index in [0.717, 1.165) is 0 Å². The van der Waals surface area contributed by atoms with E-state index >= 15 is 0 Å². The van der Waals surface area contributed by atoms with Gasteiger partial charge in [0.05, 0.1) is 6.16 Å². The monoisotopic (exact) mass is 204 g/mol. The summed E-state index contributed by atoms with van der Waals surface area (Å²) in [6, 6.07) is 0. The van der Waals surface area contributed by atoms with E-state index in [1.807, 2.05) is 0 Å². The van der Waals surface area contributed by atoms with Crippen LogP contribution in [0, 0.1) is 0 Å². The van der Waals surface area contributed by atoms with Crippen molar-refractivity contribution in [3.8, 4) is 0 Å². The minimum absolute atomic E-state index is 0.117. The van der Waals surface area contributed by atoms with Crippen LogP contribution in [0.25, 0.3) is 0 Å². The second kappa shape index (κ2) is 3.96. The molecule has 0 spiro atoms. The van der Waals surface area contributed by atoms with Crippen molar-refractivity contribution in [2.45, 2.75) is 51.9 Å². The zero-order valence-corrected chi connectivity index (χ0v) is 10.4. The van der Waals surface area contributed by atoms with Gasteiger partial charge in [0.25, 0.3) is 0 Å². The van der Waals surface area contributed by atoms with Crippen molar-refractivity contribution in [1.82, 2.24) is 0 Å². The third kappa shape index (κ3) is 4.61. The fourth-order valence-electron chi connectivity index (χ4n) is 1.62. The summed E-state index contributed by atoms with van der Waals surface area (Å²) in [6.07, 6.45) is 0.322. The van der Waals surface area contributed by atoms with Gasteiger partial charge < -0.3 is 5.11 Å². The van der Waals surface area contributed by atoms with Gasteiger partial charge in [0.2, 0.25) is 0 Å². The number of hydrogen-bond acceptors (Lipinski definition) is 1. The van der Waals surface area contributed by atoms with E-state index in [0.29, 0.717) is 6.16 Å². The molecule has 0 aromatic heterocycles. The molecule has 0 bridgehead atoms. The van der Waals surface area contributed by atoms with E-state index in [1.165, 1.54) is 0 Å². The molecule has 1 N–H and O–H groups in total. The quantitative estimate of drug-likeness (QED) is 0.701. The number of rotatable bonds is 2. The molecule has 0 aromatic rings. The molecule has 3 heteroatoms. The summed E-state index contributed by atoms with van der Waals surface area (Å²) in [4.78, 5) is 10.7. The molecule has 0 heterocycles. The van der Waals surface area contributed by atoms with Crippen LogP contribution in [0.4, 0.5) is 0 Å². The molecule has 0 unspecified atom stereocenters. The Bertz CT molecular complexity index is 172. The van der Waals surface area contributed by atoms with Crippen molar-refractivity contribution in [2.75, 3.05) is 6.16 Å². The van der Waals surface area contributed by atoms with Crippen molar-refractivity contribution in [3.05, 3.63) is 0 Å². The fourth-order valence-corrected chi connectivity index (χ4v) is 4.85. The molecule has 0 amide bonds. The topological polar surface area (TPSA) is 37.3 Å². The average molecular weight is 204 g/mol. The molecule has 0 fully saturated rings. The standard InChI is InChI=1S/C10H21O2P/c1-9(2,3)13(7-8(11)12)10(4,5)6/h7H2,1-6H3,(H,11,12). The van der Waals surface area contributed by atoms with E-state index in [9.17, 15) is 4.79 Å². The van der Waals surface area contributed by atoms with Gasteiger partial charge in [-0.25, -0.2) is 0 Å². The van der Waals surface area contributed by atoms with Crippen LogP contribution in [0.15, 0.2) is 0 Å². The first-order valence-corrected chi connectivity index (χ1v) is 6.07. The van der Waals surface area contributed by atoms with Crippen molar-refractivity contribution in [1.29, 1.82) is 0 Å². The molecule has 0 aliphatic heterocycles. The summed E-state index contributed by atoms with van der Waals surface area (Å²) in [7, 11) is -0.482. The highest BCUT2D eigenvalue weighted by Gasteiger charge is 2.35. The largest absolute Gasteiger partial charge is 0.481 e. The van der Waals surface area contributed by atoms with E-state index in [-0.39, 0.29) is 10.3 Å². The highest BCUT2D eigenvalue weighted by atomic mass is 31.1. The lowest BCUT2D eigenvalue weighted by molar-refractivity contribution is -0.134. The Hall–Kier alpha value is -0.100. The second-order valence-corrected chi connectivity index (χ2v) is 9.18. The van der Waals surface area contributed by atoms with Crippen molar-refractivity contribution in [2.24, 2.45) is 0 Å². The van der Waals surface area contributed by atoms with E-state index in [2.05, 4.69) is 41.5 Å². The van der Waals surface area contributed by atoms with E-state index in [4.69, 9.17) is 5.11 Å². The first-order chi connectivity index (χ1) is 5.55. The summed E-state index contributed by atoms with van der Waals surface area (Å²) in [6.45, 7) is 12.8. The van der Waals surface area contributed by atoms with E-state index < -0.39 is 13.9 Å². The number of hydrogen-bond donors (Lipinski definition) is 1. The maximum Gasteiger partial charge on any atom is 0.307 e. The van der Waals surface area contributed by atoms with Gasteiger partial charge in [-0.1, -0.05) is 49.5 Å². The van der Waals surface area contributed by atoms with Crippen molar-refractivity contribution < 1.29 is 9.90 Å². The Kier molecular flexibility index (Phi) is 3.93. The van der Waals surface area contributed by atoms with Gasteiger partial charge in [0.1, 0.15) is 0 Å².